The van der Waals surface area contributed by atoms with Gasteiger partial charge in [0, 0.05) is 30.2 Å². The van der Waals surface area contributed by atoms with Crippen molar-refractivity contribution in [3.05, 3.63) is 36.0 Å². The number of nitrogens with one attached hydrogen (secondary N) is 1. The van der Waals surface area contributed by atoms with Crippen LogP contribution in [0.5, 0.6) is 0 Å². The summed E-state index contributed by atoms with van der Waals surface area (Å²) in [4.78, 5) is 5.31. The maximum absolute atomic E-state index is 8.84. The summed E-state index contributed by atoms with van der Waals surface area (Å²) >= 11 is 0. The maximum Gasteiger partial charge on any atom is 0.0558 e. The second-order valence-electron chi connectivity index (χ2n) is 3.82. The number of aliphatic hydroxyl groups is 1. The number of aliphatic hydroxyl groups excluding tert-OH is 1. The van der Waals surface area contributed by atoms with Crippen molar-refractivity contribution in [2.24, 2.45) is 0 Å². The second kappa shape index (κ2) is 4.47. The molecule has 1 heterocycles. The predicted molar refractivity (Wildman–Crippen MR) is 61.7 cm³/mol. The topological polar surface area (TPSA) is 39.3 Å². The molecule has 0 fully saturated rings. The fourth-order valence-corrected chi connectivity index (χ4v) is 1.83. The van der Waals surface area contributed by atoms with Gasteiger partial charge in [-0.1, -0.05) is 12.1 Å². The fourth-order valence-electron chi connectivity index (χ4n) is 1.83. The molecule has 2 aromatic rings. The van der Waals surface area contributed by atoms with E-state index < -0.39 is 0 Å². The summed E-state index contributed by atoms with van der Waals surface area (Å²) in [6.07, 6.45) is 1.96. The van der Waals surface area contributed by atoms with Gasteiger partial charge in [0.05, 0.1) is 6.61 Å². The minimum absolute atomic E-state index is 0.208. The first-order valence-corrected chi connectivity index (χ1v) is 5.15. The highest BCUT2D eigenvalue weighted by molar-refractivity contribution is 5.82. The minimum atomic E-state index is 0.208. The van der Waals surface area contributed by atoms with Gasteiger partial charge in [0.15, 0.2) is 0 Å². The van der Waals surface area contributed by atoms with E-state index in [0.717, 1.165) is 6.54 Å². The largest absolute Gasteiger partial charge is 0.395 e. The quantitative estimate of drug-likeness (QED) is 0.794. The molecule has 0 unspecified atom stereocenters. The first kappa shape index (κ1) is 10.2. The van der Waals surface area contributed by atoms with Gasteiger partial charge in [0.25, 0.3) is 0 Å². The fraction of sp³-hybridized carbons (Fsp3) is 0.333. The third kappa shape index (κ3) is 2.19. The van der Waals surface area contributed by atoms with E-state index >= 15 is 0 Å². The summed E-state index contributed by atoms with van der Waals surface area (Å²) < 4.78 is 0. The third-order valence-corrected chi connectivity index (χ3v) is 2.61. The van der Waals surface area contributed by atoms with E-state index in [9.17, 15) is 0 Å². The Morgan fingerprint density at radius 2 is 2.20 bits per heavy atom. The molecule has 80 valence electrons. The molecule has 1 aromatic heterocycles. The summed E-state index contributed by atoms with van der Waals surface area (Å²) in [5.41, 5.74) is 2.47. The third-order valence-electron chi connectivity index (χ3n) is 2.61. The van der Waals surface area contributed by atoms with E-state index in [2.05, 4.69) is 34.1 Å². The Labute approximate surface area is 89.3 Å². The molecule has 0 saturated heterocycles. The molecular weight excluding hydrogens is 188 g/mol. The molecule has 0 radical (unpaired) electrons. The van der Waals surface area contributed by atoms with Gasteiger partial charge in [-0.25, -0.2) is 0 Å². The van der Waals surface area contributed by atoms with Crippen LogP contribution >= 0.6 is 0 Å². The van der Waals surface area contributed by atoms with E-state index in [1.165, 1.54) is 16.5 Å². The van der Waals surface area contributed by atoms with Crippen molar-refractivity contribution < 1.29 is 5.11 Å². The zero-order chi connectivity index (χ0) is 10.7. The highest BCUT2D eigenvalue weighted by Crippen LogP contribution is 2.18. The van der Waals surface area contributed by atoms with Crippen LogP contribution in [0.2, 0.25) is 0 Å². The predicted octanol–water partition coefficient (Wildman–Crippen LogP) is 1.59. The van der Waals surface area contributed by atoms with Gasteiger partial charge in [-0.05, 0) is 24.7 Å². The van der Waals surface area contributed by atoms with E-state index in [0.29, 0.717) is 6.54 Å². The summed E-state index contributed by atoms with van der Waals surface area (Å²) in [6.45, 7) is 1.79. The lowest BCUT2D eigenvalue weighted by Gasteiger charge is -2.15. The molecule has 0 bridgehead atoms. The molecule has 0 spiro atoms. The van der Waals surface area contributed by atoms with Gasteiger partial charge < -0.3 is 10.1 Å². The van der Waals surface area contributed by atoms with Crippen LogP contribution in [0.3, 0.4) is 0 Å². The molecule has 3 heteroatoms. The van der Waals surface area contributed by atoms with Gasteiger partial charge in [-0.3, -0.25) is 4.90 Å². The Morgan fingerprint density at radius 3 is 3.00 bits per heavy atom. The number of likely N-dealkylation sites (N-methyl/N-ethyl adjacent to an activating group) is 1. The summed E-state index contributed by atoms with van der Waals surface area (Å²) in [5.74, 6) is 0. The lowest BCUT2D eigenvalue weighted by Crippen LogP contribution is -2.21. The molecule has 1 aromatic carbocycles. The van der Waals surface area contributed by atoms with Crippen molar-refractivity contribution in [3.8, 4) is 0 Å². The molecule has 0 saturated carbocycles. The molecule has 0 amide bonds. The van der Waals surface area contributed by atoms with Crippen LogP contribution in [-0.2, 0) is 6.54 Å². The summed E-state index contributed by atoms with van der Waals surface area (Å²) in [7, 11) is 2.02. The number of aromatic amines is 1. The van der Waals surface area contributed by atoms with Crippen molar-refractivity contribution in [3.63, 3.8) is 0 Å². The standard InChI is InChI=1S/C12H16N2O/c1-14(7-8-15)9-10-3-2-4-12-11(10)5-6-13-12/h2-6,13,15H,7-9H2,1H3. The molecule has 0 aliphatic rings. The summed E-state index contributed by atoms with van der Waals surface area (Å²) in [6, 6.07) is 8.35. The number of nitrogens with zero attached hydrogens (tertiary/aromatic N) is 1. The van der Waals surface area contributed by atoms with Gasteiger partial charge in [0.2, 0.25) is 0 Å². The Kier molecular flexibility index (Phi) is 3.04. The van der Waals surface area contributed by atoms with Gasteiger partial charge in [0.1, 0.15) is 0 Å². The lowest BCUT2D eigenvalue weighted by atomic mass is 10.1. The Bertz CT molecular complexity index is 436. The van der Waals surface area contributed by atoms with E-state index in [-0.39, 0.29) is 6.61 Å². The molecule has 0 aliphatic heterocycles. The molecule has 2 N–H and O–H groups in total. The molecular formula is C12H16N2O. The number of hydrogen-bond donors (Lipinski definition) is 2. The van der Waals surface area contributed by atoms with Gasteiger partial charge in [-0.2, -0.15) is 0 Å². The van der Waals surface area contributed by atoms with Crippen LogP contribution in [0.4, 0.5) is 0 Å². The van der Waals surface area contributed by atoms with Crippen LogP contribution in [-0.4, -0.2) is 35.2 Å². The highest BCUT2D eigenvalue weighted by atomic mass is 16.3. The molecule has 0 aliphatic carbocycles. The van der Waals surface area contributed by atoms with Crippen LogP contribution in [0.1, 0.15) is 5.56 Å². The smallest absolute Gasteiger partial charge is 0.0558 e. The maximum atomic E-state index is 8.84. The molecule has 3 nitrogen and oxygen atoms in total. The van der Waals surface area contributed by atoms with Gasteiger partial charge in [-0.15, -0.1) is 0 Å². The van der Waals surface area contributed by atoms with E-state index in [4.69, 9.17) is 5.11 Å². The van der Waals surface area contributed by atoms with E-state index in [1.807, 2.05) is 13.2 Å². The minimum Gasteiger partial charge on any atom is -0.395 e. The Morgan fingerprint density at radius 1 is 1.33 bits per heavy atom. The van der Waals surface area contributed by atoms with Crippen molar-refractivity contribution in [1.29, 1.82) is 0 Å². The monoisotopic (exact) mass is 204 g/mol. The highest BCUT2D eigenvalue weighted by Gasteiger charge is 2.04. The Balaban J connectivity index is 2.23. The normalized spacial score (nSPS) is 11.4. The van der Waals surface area contributed by atoms with Crippen LogP contribution in [0.15, 0.2) is 30.5 Å². The average Bonchev–Trinajstić information content (AvgIpc) is 2.67. The number of rotatable bonds is 4. The number of benzene rings is 1. The second-order valence-corrected chi connectivity index (χ2v) is 3.82. The molecule has 0 atom stereocenters. The van der Waals surface area contributed by atoms with Crippen molar-refractivity contribution >= 4 is 10.9 Å². The number of fused-ring (bicyclic) bond motifs is 1. The zero-order valence-electron chi connectivity index (χ0n) is 8.90. The lowest BCUT2D eigenvalue weighted by molar-refractivity contribution is 0.217. The van der Waals surface area contributed by atoms with Crippen LogP contribution < -0.4 is 0 Å². The van der Waals surface area contributed by atoms with Crippen LogP contribution in [0.25, 0.3) is 10.9 Å². The van der Waals surface area contributed by atoms with Crippen molar-refractivity contribution in [2.45, 2.75) is 6.54 Å². The van der Waals surface area contributed by atoms with E-state index in [1.54, 1.807) is 0 Å². The van der Waals surface area contributed by atoms with Crippen LogP contribution in [0, 0.1) is 0 Å². The molecule has 15 heavy (non-hydrogen) atoms. The zero-order valence-corrected chi connectivity index (χ0v) is 8.90. The number of aromatic nitrogens is 1. The number of hydrogen-bond acceptors (Lipinski definition) is 2. The average molecular weight is 204 g/mol. The summed E-state index contributed by atoms with van der Waals surface area (Å²) in [5, 5.41) is 10.1. The first-order chi connectivity index (χ1) is 7.31. The van der Waals surface area contributed by atoms with Gasteiger partial charge >= 0.3 is 0 Å². The van der Waals surface area contributed by atoms with Crippen molar-refractivity contribution in [2.75, 3.05) is 20.2 Å². The molecule has 2 rings (SSSR count). The first-order valence-electron chi connectivity index (χ1n) is 5.15. The Hall–Kier alpha value is -1.32. The number of H-pyrrole nitrogens is 1. The SMILES string of the molecule is CN(CCO)Cc1cccc2[nH]ccc12. The van der Waals surface area contributed by atoms with Crippen molar-refractivity contribution in [1.82, 2.24) is 9.88 Å².